The van der Waals surface area contributed by atoms with Crippen molar-refractivity contribution >= 4 is 12.0 Å². The lowest BCUT2D eigenvalue weighted by Gasteiger charge is -2.26. The molecule has 0 amide bonds. The Kier molecular flexibility index (Phi) is 9.63. The first-order chi connectivity index (χ1) is 20.5. The quantitative estimate of drug-likeness (QED) is 0.282. The number of imidazole rings is 1. The second-order valence-corrected chi connectivity index (χ2v) is 10.5. The summed E-state index contributed by atoms with van der Waals surface area (Å²) in [6.45, 7) is 8.55. The first kappa shape index (κ1) is 29.0. The van der Waals surface area contributed by atoms with Gasteiger partial charge in [-0.25, -0.2) is 4.98 Å². The summed E-state index contributed by atoms with van der Waals surface area (Å²) in [5.41, 5.74) is 6.46. The lowest BCUT2D eigenvalue weighted by molar-refractivity contribution is 0.294. The van der Waals surface area contributed by atoms with E-state index in [0.717, 1.165) is 78.2 Å². The molecule has 3 aromatic heterocycles. The lowest BCUT2D eigenvalue weighted by atomic mass is 10.1. The zero-order valence-corrected chi connectivity index (χ0v) is 25.0. The number of hydrogen-bond acceptors (Lipinski definition) is 8. The molecule has 1 aliphatic carbocycles. The number of aryl methyl sites for hydroxylation is 3. The van der Waals surface area contributed by atoms with E-state index in [1.165, 1.54) is 24.8 Å². The van der Waals surface area contributed by atoms with E-state index < -0.39 is 0 Å². The molecule has 0 bridgehead atoms. The lowest BCUT2D eigenvalue weighted by Crippen LogP contribution is -2.31. The fraction of sp³-hybridized carbons (Fsp3) is 0.406. The van der Waals surface area contributed by atoms with E-state index in [4.69, 9.17) is 9.47 Å². The van der Waals surface area contributed by atoms with Crippen LogP contribution in [-0.2, 0) is 19.3 Å². The predicted molar refractivity (Wildman–Crippen MR) is 165 cm³/mol. The number of hydrogen-bond donors (Lipinski definition) is 2. The maximum atomic E-state index is 5.80. The first-order valence-electron chi connectivity index (χ1n) is 14.7. The van der Waals surface area contributed by atoms with Crippen molar-refractivity contribution in [3.63, 3.8) is 0 Å². The van der Waals surface area contributed by atoms with Crippen molar-refractivity contribution in [3.8, 4) is 23.3 Å². The second kappa shape index (κ2) is 13.9. The summed E-state index contributed by atoms with van der Waals surface area (Å²) in [6, 6.07) is 8.66. The topological polar surface area (TPSA) is 118 Å². The molecule has 2 N–H and O–H groups in total. The SMILES string of the molecule is CCc1cc(-c2nc3c([nH]2)CC=CC=C3)n[nH]1.COc1cc(CCOc2nc(C)nc(N3CCCCC3)n2)ccc1C. The largest absolute Gasteiger partial charge is 0.496 e. The van der Waals surface area contributed by atoms with Crippen LogP contribution in [0.4, 0.5) is 5.95 Å². The van der Waals surface area contributed by atoms with Gasteiger partial charge in [0.25, 0.3) is 0 Å². The van der Waals surface area contributed by atoms with Gasteiger partial charge < -0.3 is 19.4 Å². The molecule has 1 aliphatic heterocycles. The van der Waals surface area contributed by atoms with E-state index in [2.05, 4.69) is 71.2 Å². The van der Waals surface area contributed by atoms with Gasteiger partial charge in [0.2, 0.25) is 5.95 Å². The number of methoxy groups -OCH3 is 1. The molecular weight excluding hydrogens is 528 g/mol. The van der Waals surface area contributed by atoms with Crippen molar-refractivity contribution in [1.29, 1.82) is 0 Å². The van der Waals surface area contributed by atoms with E-state index in [1.54, 1.807) is 7.11 Å². The number of piperidine rings is 1. The molecular formula is C32H40N8O2. The Hall–Kier alpha value is -4.47. The van der Waals surface area contributed by atoms with Crippen LogP contribution < -0.4 is 14.4 Å². The van der Waals surface area contributed by atoms with E-state index >= 15 is 0 Å². The number of benzene rings is 1. The molecule has 10 heteroatoms. The van der Waals surface area contributed by atoms with Gasteiger partial charge >= 0.3 is 6.01 Å². The Morgan fingerprint density at radius 3 is 2.62 bits per heavy atom. The van der Waals surface area contributed by atoms with E-state index in [-0.39, 0.29) is 0 Å². The maximum Gasteiger partial charge on any atom is 0.321 e. The molecule has 6 rings (SSSR count). The third-order valence-electron chi connectivity index (χ3n) is 7.34. The molecule has 4 heterocycles. The number of nitrogens with zero attached hydrogens (tertiary/aromatic N) is 6. The molecule has 0 spiro atoms. The third kappa shape index (κ3) is 7.43. The van der Waals surface area contributed by atoms with E-state index in [9.17, 15) is 0 Å². The van der Waals surface area contributed by atoms with Crippen molar-refractivity contribution in [2.75, 3.05) is 31.7 Å². The van der Waals surface area contributed by atoms with Crippen molar-refractivity contribution < 1.29 is 9.47 Å². The minimum Gasteiger partial charge on any atom is -0.496 e. The smallest absolute Gasteiger partial charge is 0.321 e. The summed E-state index contributed by atoms with van der Waals surface area (Å²) in [7, 11) is 1.69. The van der Waals surface area contributed by atoms with Crippen LogP contribution in [0.15, 0.2) is 42.5 Å². The molecule has 10 nitrogen and oxygen atoms in total. The van der Waals surface area contributed by atoms with Gasteiger partial charge in [0.1, 0.15) is 17.3 Å². The van der Waals surface area contributed by atoms with Crippen LogP contribution >= 0.6 is 0 Å². The summed E-state index contributed by atoms with van der Waals surface area (Å²) < 4.78 is 11.2. The molecule has 1 fully saturated rings. The standard InChI is InChI=1S/C19H26N4O2.C13H14N4/c1-14-7-8-16(13-17(14)24-3)9-12-25-19-21-15(2)20-18(22-19)23-10-5-4-6-11-23;1-2-9-8-12(17-16-9)13-14-10-6-4-3-5-7-11(10)15-13/h7-8,13H,4-6,9-12H2,1-3H3;3-6,8H,2,7H2,1H3,(H,14,15)(H,16,17). The summed E-state index contributed by atoms with van der Waals surface area (Å²) >= 11 is 0. The van der Waals surface area contributed by atoms with Gasteiger partial charge in [-0.2, -0.15) is 20.1 Å². The number of ether oxygens (including phenoxy) is 2. The minimum atomic E-state index is 0.409. The number of nitrogens with one attached hydrogen (secondary N) is 2. The molecule has 1 aromatic carbocycles. The summed E-state index contributed by atoms with van der Waals surface area (Å²) in [5.74, 6) is 3.17. The van der Waals surface area contributed by atoms with Gasteiger partial charge in [0, 0.05) is 37.3 Å². The molecule has 0 saturated carbocycles. The highest BCUT2D eigenvalue weighted by Gasteiger charge is 2.16. The molecule has 4 aromatic rings. The van der Waals surface area contributed by atoms with Crippen molar-refractivity contribution in [3.05, 3.63) is 76.5 Å². The molecule has 0 unspecified atom stereocenters. The number of allylic oxidation sites excluding steroid dienone is 3. The van der Waals surface area contributed by atoms with Crippen molar-refractivity contribution in [2.24, 2.45) is 0 Å². The van der Waals surface area contributed by atoms with Crippen molar-refractivity contribution in [2.45, 2.75) is 59.3 Å². The van der Waals surface area contributed by atoms with Gasteiger partial charge in [0.15, 0.2) is 5.82 Å². The highest BCUT2D eigenvalue weighted by molar-refractivity contribution is 5.59. The Balaban J connectivity index is 0.000000180. The Labute approximate surface area is 247 Å². The number of anilines is 1. The molecule has 42 heavy (non-hydrogen) atoms. The van der Waals surface area contributed by atoms with Crippen LogP contribution in [0.5, 0.6) is 11.8 Å². The summed E-state index contributed by atoms with van der Waals surface area (Å²) in [5, 5.41) is 7.27. The number of aromatic nitrogens is 7. The highest BCUT2D eigenvalue weighted by Crippen LogP contribution is 2.22. The third-order valence-corrected chi connectivity index (χ3v) is 7.34. The number of aromatic amines is 2. The molecule has 0 atom stereocenters. The van der Waals surface area contributed by atoms with Crippen LogP contribution in [0, 0.1) is 13.8 Å². The summed E-state index contributed by atoms with van der Waals surface area (Å²) in [6.07, 6.45) is 14.5. The van der Waals surface area contributed by atoms with Crippen molar-refractivity contribution in [1.82, 2.24) is 35.1 Å². The van der Waals surface area contributed by atoms with Crippen LogP contribution in [0.25, 0.3) is 17.6 Å². The zero-order valence-electron chi connectivity index (χ0n) is 25.0. The number of rotatable bonds is 8. The molecule has 1 saturated heterocycles. The van der Waals surface area contributed by atoms with Gasteiger partial charge in [-0.15, -0.1) is 0 Å². The van der Waals surface area contributed by atoms with Crippen LogP contribution in [0.3, 0.4) is 0 Å². The van der Waals surface area contributed by atoms with Gasteiger partial charge in [-0.3, -0.25) is 5.10 Å². The highest BCUT2D eigenvalue weighted by atomic mass is 16.5. The normalized spacial score (nSPS) is 14.1. The average Bonchev–Trinajstić information content (AvgIpc) is 3.60. The Morgan fingerprint density at radius 2 is 1.83 bits per heavy atom. The van der Waals surface area contributed by atoms with Gasteiger partial charge in [0.05, 0.1) is 19.4 Å². The fourth-order valence-electron chi connectivity index (χ4n) is 4.94. The minimum absolute atomic E-state index is 0.409. The van der Waals surface area contributed by atoms with Gasteiger partial charge in [-0.05, 0) is 68.9 Å². The van der Waals surface area contributed by atoms with Gasteiger partial charge in [-0.1, -0.05) is 37.3 Å². The molecule has 2 aliphatic rings. The van der Waals surface area contributed by atoms with E-state index in [0.29, 0.717) is 18.4 Å². The monoisotopic (exact) mass is 568 g/mol. The zero-order chi connectivity index (χ0) is 29.3. The van der Waals surface area contributed by atoms with E-state index in [1.807, 2.05) is 38.1 Å². The first-order valence-corrected chi connectivity index (χ1v) is 14.7. The van der Waals surface area contributed by atoms with Crippen LogP contribution in [0.2, 0.25) is 0 Å². The number of fused-ring (bicyclic) bond motifs is 1. The Morgan fingerprint density at radius 1 is 0.976 bits per heavy atom. The Bertz CT molecular complexity index is 1530. The molecule has 220 valence electrons. The maximum absolute atomic E-state index is 5.80. The number of H-pyrrole nitrogens is 2. The fourth-order valence-corrected chi connectivity index (χ4v) is 4.94. The molecule has 0 radical (unpaired) electrons. The average molecular weight is 569 g/mol. The second-order valence-electron chi connectivity index (χ2n) is 10.5. The van der Waals surface area contributed by atoms with Crippen LogP contribution in [0.1, 0.15) is 60.2 Å². The summed E-state index contributed by atoms with van der Waals surface area (Å²) in [4.78, 5) is 23.4. The predicted octanol–water partition coefficient (Wildman–Crippen LogP) is 5.60. The van der Waals surface area contributed by atoms with Crippen LogP contribution in [-0.4, -0.2) is 61.9 Å².